The van der Waals surface area contributed by atoms with Crippen molar-refractivity contribution in [3.63, 3.8) is 0 Å². The van der Waals surface area contributed by atoms with Crippen LogP contribution in [0.2, 0.25) is 0 Å². The number of hydrogen-bond donors (Lipinski definition) is 1. The monoisotopic (exact) mass is 234 g/mol. The van der Waals surface area contributed by atoms with Crippen molar-refractivity contribution in [2.45, 2.75) is 32.5 Å². The Morgan fingerprint density at radius 1 is 1.47 bits per heavy atom. The normalized spacial score (nSPS) is 11.9. The Bertz CT molecular complexity index is 368. The summed E-state index contributed by atoms with van der Waals surface area (Å²) < 4.78 is 5.21. The minimum Gasteiger partial charge on any atom is -0.465 e. The van der Waals surface area contributed by atoms with Crippen LogP contribution in [0.3, 0.4) is 0 Å². The lowest BCUT2D eigenvalue weighted by Gasteiger charge is -2.12. The molecule has 0 aromatic heterocycles. The smallest absolute Gasteiger partial charge is 0.204 e. The van der Waals surface area contributed by atoms with Crippen molar-refractivity contribution in [2.24, 2.45) is 0 Å². The van der Waals surface area contributed by atoms with Gasteiger partial charge in [0.1, 0.15) is 5.75 Å². The zero-order chi connectivity index (χ0) is 12.7. The number of aliphatic hydroxyl groups excluding tert-OH is 1. The molecule has 1 unspecified atom stereocenters. The molecule has 0 aliphatic heterocycles. The van der Waals surface area contributed by atoms with Crippen molar-refractivity contribution >= 4 is 5.78 Å². The molecule has 1 aromatic carbocycles. The van der Waals surface area contributed by atoms with E-state index in [0.717, 1.165) is 12.8 Å². The average molecular weight is 234 g/mol. The summed E-state index contributed by atoms with van der Waals surface area (Å²) >= 11 is 0. The molecule has 0 bridgehead atoms. The zero-order valence-electron chi connectivity index (χ0n) is 10.1. The minimum absolute atomic E-state index is 0.0692. The van der Waals surface area contributed by atoms with Gasteiger partial charge in [-0.15, -0.1) is 0 Å². The Morgan fingerprint density at radius 3 is 2.65 bits per heavy atom. The van der Waals surface area contributed by atoms with Crippen LogP contribution in [0.4, 0.5) is 0 Å². The highest BCUT2D eigenvalue weighted by molar-refractivity contribution is 5.89. The maximum atomic E-state index is 11.0. The molecule has 1 rings (SSSR count). The molecular formula is C14H18O3. The largest absolute Gasteiger partial charge is 0.465 e. The fourth-order valence-electron chi connectivity index (χ4n) is 1.48. The molecule has 0 amide bonds. The Morgan fingerprint density at radius 2 is 2.12 bits per heavy atom. The van der Waals surface area contributed by atoms with Crippen molar-refractivity contribution in [2.75, 3.05) is 0 Å². The number of rotatable bonds is 7. The van der Waals surface area contributed by atoms with Gasteiger partial charge in [-0.25, -0.2) is 0 Å². The lowest BCUT2D eigenvalue weighted by Crippen LogP contribution is -2.19. The van der Waals surface area contributed by atoms with Crippen LogP contribution in [0.5, 0.6) is 5.75 Å². The fourth-order valence-corrected chi connectivity index (χ4v) is 1.48. The van der Waals surface area contributed by atoms with Gasteiger partial charge in [0.05, 0.1) is 6.42 Å². The van der Waals surface area contributed by atoms with Gasteiger partial charge in [0.15, 0.2) is 5.78 Å². The molecule has 3 nitrogen and oxygen atoms in total. The lowest BCUT2D eigenvalue weighted by atomic mass is 10.1. The predicted molar refractivity (Wildman–Crippen MR) is 66.9 cm³/mol. The highest BCUT2D eigenvalue weighted by atomic mass is 16.6. The molecule has 0 fully saturated rings. The van der Waals surface area contributed by atoms with Gasteiger partial charge in [0.25, 0.3) is 0 Å². The van der Waals surface area contributed by atoms with E-state index in [1.165, 1.54) is 11.6 Å². The summed E-state index contributed by atoms with van der Waals surface area (Å²) in [5.74, 6) is 0.328. The number of benzene rings is 1. The van der Waals surface area contributed by atoms with Crippen molar-refractivity contribution < 1.29 is 14.6 Å². The second-order valence-electron chi connectivity index (χ2n) is 3.84. The van der Waals surface area contributed by atoms with Crippen LogP contribution in [0.15, 0.2) is 36.9 Å². The Kier molecular flexibility index (Phi) is 5.43. The van der Waals surface area contributed by atoms with E-state index in [4.69, 9.17) is 4.74 Å². The third-order valence-corrected chi connectivity index (χ3v) is 2.34. The number of aryl methyl sites for hydroxylation is 1. The molecule has 92 valence electrons. The average Bonchev–Trinajstić information content (AvgIpc) is 2.31. The first-order chi connectivity index (χ1) is 8.15. The van der Waals surface area contributed by atoms with E-state index in [2.05, 4.69) is 13.5 Å². The van der Waals surface area contributed by atoms with E-state index in [-0.39, 0.29) is 12.2 Å². The summed E-state index contributed by atoms with van der Waals surface area (Å²) in [6.07, 6.45) is 2.11. The topological polar surface area (TPSA) is 46.5 Å². The SMILES string of the molecule is C=CC(=O)CC(O)Oc1ccc(CCC)cc1. The van der Waals surface area contributed by atoms with Crippen LogP contribution in [-0.4, -0.2) is 17.2 Å². The number of allylic oxidation sites excluding steroid dienone is 1. The van der Waals surface area contributed by atoms with Crippen LogP contribution in [0.1, 0.15) is 25.3 Å². The molecule has 3 heteroatoms. The number of ketones is 1. The van der Waals surface area contributed by atoms with Gasteiger partial charge in [-0.1, -0.05) is 32.1 Å². The van der Waals surface area contributed by atoms with Crippen molar-refractivity contribution in [1.29, 1.82) is 0 Å². The van der Waals surface area contributed by atoms with E-state index in [1.807, 2.05) is 12.1 Å². The van der Waals surface area contributed by atoms with Gasteiger partial charge >= 0.3 is 0 Å². The van der Waals surface area contributed by atoms with Gasteiger partial charge in [-0.2, -0.15) is 0 Å². The van der Waals surface area contributed by atoms with Crippen LogP contribution in [0, 0.1) is 0 Å². The van der Waals surface area contributed by atoms with Crippen LogP contribution < -0.4 is 4.74 Å². The zero-order valence-corrected chi connectivity index (χ0v) is 10.1. The van der Waals surface area contributed by atoms with Crippen LogP contribution in [-0.2, 0) is 11.2 Å². The Hall–Kier alpha value is -1.61. The van der Waals surface area contributed by atoms with E-state index >= 15 is 0 Å². The molecular weight excluding hydrogens is 216 g/mol. The summed E-state index contributed by atoms with van der Waals surface area (Å²) in [6.45, 7) is 5.46. The van der Waals surface area contributed by atoms with Gasteiger partial charge in [0.2, 0.25) is 6.29 Å². The second kappa shape index (κ2) is 6.86. The molecule has 17 heavy (non-hydrogen) atoms. The van der Waals surface area contributed by atoms with Gasteiger partial charge in [0, 0.05) is 0 Å². The molecule has 0 spiro atoms. The molecule has 0 saturated carbocycles. The predicted octanol–water partition coefficient (Wildman–Crippen LogP) is 2.48. The van der Waals surface area contributed by atoms with E-state index < -0.39 is 6.29 Å². The van der Waals surface area contributed by atoms with Gasteiger partial charge < -0.3 is 9.84 Å². The van der Waals surface area contributed by atoms with Gasteiger partial charge in [-0.05, 0) is 30.2 Å². The van der Waals surface area contributed by atoms with Crippen molar-refractivity contribution in [1.82, 2.24) is 0 Å². The maximum absolute atomic E-state index is 11.0. The van der Waals surface area contributed by atoms with E-state index in [0.29, 0.717) is 5.75 Å². The van der Waals surface area contributed by atoms with Crippen LogP contribution >= 0.6 is 0 Å². The van der Waals surface area contributed by atoms with E-state index in [9.17, 15) is 9.90 Å². The first-order valence-electron chi connectivity index (χ1n) is 5.74. The number of carbonyl (C=O) groups is 1. The van der Waals surface area contributed by atoms with E-state index in [1.54, 1.807) is 12.1 Å². The highest BCUT2D eigenvalue weighted by Crippen LogP contribution is 2.15. The Labute approximate surface area is 102 Å². The third-order valence-electron chi connectivity index (χ3n) is 2.34. The minimum atomic E-state index is -1.11. The summed E-state index contributed by atoms with van der Waals surface area (Å²) in [7, 11) is 0. The molecule has 0 heterocycles. The number of carbonyl (C=O) groups excluding carboxylic acids is 1. The maximum Gasteiger partial charge on any atom is 0.204 e. The quantitative estimate of drug-likeness (QED) is 0.582. The van der Waals surface area contributed by atoms with Crippen molar-refractivity contribution in [3.8, 4) is 5.75 Å². The first kappa shape index (κ1) is 13.5. The molecule has 0 aliphatic carbocycles. The summed E-state index contributed by atoms with van der Waals surface area (Å²) in [6, 6.07) is 7.51. The van der Waals surface area contributed by atoms with Gasteiger partial charge in [-0.3, -0.25) is 4.79 Å². The molecule has 0 aliphatic rings. The van der Waals surface area contributed by atoms with Crippen molar-refractivity contribution in [3.05, 3.63) is 42.5 Å². The summed E-state index contributed by atoms with van der Waals surface area (Å²) in [5, 5.41) is 9.49. The highest BCUT2D eigenvalue weighted by Gasteiger charge is 2.09. The fraction of sp³-hybridized carbons (Fsp3) is 0.357. The standard InChI is InChI=1S/C14H18O3/c1-3-5-11-6-8-13(9-7-11)17-14(16)10-12(15)4-2/h4,6-9,14,16H,2-3,5,10H2,1H3. The molecule has 1 atom stereocenters. The number of aliphatic hydroxyl groups is 1. The molecule has 0 saturated heterocycles. The molecule has 1 aromatic rings. The number of hydrogen-bond acceptors (Lipinski definition) is 3. The molecule has 0 radical (unpaired) electrons. The molecule has 1 N–H and O–H groups in total. The number of ether oxygens (including phenoxy) is 1. The Balaban J connectivity index is 2.50. The third kappa shape index (κ3) is 4.83. The second-order valence-corrected chi connectivity index (χ2v) is 3.84. The summed E-state index contributed by atoms with van der Waals surface area (Å²) in [4.78, 5) is 11.0. The summed E-state index contributed by atoms with van der Waals surface area (Å²) in [5.41, 5.74) is 1.23. The first-order valence-corrected chi connectivity index (χ1v) is 5.74. The van der Waals surface area contributed by atoms with Crippen LogP contribution in [0.25, 0.3) is 0 Å². The lowest BCUT2D eigenvalue weighted by molar-refractivity contribution is -0.121.